The minimum absolute atomic E-state index is 0.0629. The number of nitrogens with one attached hydrogen (secondary N) is 1. The summed E-state index contributed by atoms with van der Waals surface area (Å²) in [7, 11) is 1.70. The molecule has 34 heavy (non-hydrogen) atoms. The lowest BCUT2D eigenvalue weighted by molar-refractivity contribution is 0.00536. The topological polar surface area (TPSA) is 74.7 Å². The fourth-order valence-corrected chi connectivity index (χ4v) is 5.21. The quantitative estimate of drug-likeness (QED) is 0.322. The van der Waals surface area contributed by atoms with Crippen molar-refractivity contribution in [2.45, 2.75) is 58.2 Å². The monoisotopic (exact) mass is 459 g/mol. The molecule has 1 saturated carbocycles. The van der Waals surface area contributed by atoms with E-state index in [-0.39, 0.29) is 18.0 Å². The Morgan fingerprint density at radius 2 is 1.91 bits per heavy atom. The number of ether oxygens (including phenoxy) is 2. The summed E-state index contributed by atoms with van der Waals surface area (Å²) in [6, 6.07) is 9.95. The minimum Gasteiger partial charge on any atom is -0.507 e. The number of aromatic nitrogens is 1. The van der Waals surface area contributed by atoms with E-state index >= 15 is 0 Å². The molecule has 1 aliphatic heterocycles. The summed E-state index contributed by atoms with van der Waals surface area (Å²) >= 11 is 0. The van der Waals surface area contributed by atoms with Crippen LogP contribution >= 0.6 is 0 Å². The molecule has 3 N–H and O–H groups in total. The molecule has 1 aromatic heterocycles. The number of hydrogen-bond acceptors (Lipinski definition) is 4. The summed E-state index contributed by atoms with van der Waals surface area (Å²) in [5, 5.41) is 21.5. The van der Waals surface area contributed by atoms with E-state index in [0.717, 1.165) is 70.5 Å². The average Bonchev–Trinajstić information content (AvgIpc) is 3.23. The van der Waals surface area contributed by atoms with Gasteiger partial charge in [0.1, 0.15) is 23.4 Å². The Morgan fingerprint density at radius 3 is 2.68 bits per heavy atom. The zero-order valence-corrected chi connectivity index (χ0v) is 20.1. The highest BCUT2D eigenvalue weighted by Gasteiger charge is 2.36. The lowest BCUT2D eigenvalue weighted by Gasteiger charge is -2.39. The molecule has 3 atom stereocenters. The number of aliphatic hydroxyl groups is 1. The molecular formula is C29H33NO4. The standard InChI is InChI=1S/C29H33NO4/c1-17(2)4-8-21-15-23-25(30-21)10-18(11-26(23)32)5-6-19-12-28(33-3)24-14-20-7-9-22(31)16-27(20)34-29(24)13-19/h4-6,10-13,15,20,22,27,30-32H,7-9,14,16H2,1-3H3/b6-5+/t20-,22+,27+/m0/s1. The Bertz CT molecular complexity index is 1260. The third-order valence-corrected chi connectivity index (χ3v) is 7.05. The smallest absolute Gasteiger partial charge is 0.127 e. The first-order valence-corrected chi connectivity index (χ1v) is 12.1. The number of aromatic hydroxyl groups is 1. The highest BCUT2D eigenvalue weighted by Crippen LogP contribution is 2.43. The van der Waals surface area contributed by atoms with E-state index in [4.69, 9.17) is 9.47 Å². The van der Waals surface area contributed by atoms with Gasteiger partial charge in [-0.1, -0.05) is 23.8 Å². The van der Waals surface area contributed by atoms with Gasteiger partial charge in [-0.25, -0.2) is 0 Å². The van der Waals surface area contributed by atoms with Crippen LogP contribution in [0.1, 0.15) is 55.5 Å². The third kappa shape index (κ3) is 4.58. The maximum Gasteiger partial charge on any atom is 0.127 e. The van der Waals surface area contributed by atoms with Crippen LogP contribution in [0.25, 0.3) is 23.1 Å². The highest BCUT2D eigenvalue weighted by molar-refractivity contribution is 5.89. The molecule has 0 bridgehead atoms. The van der Waals surface area contributed by atoms with Crippen LogP contribution in [0.2, 0.25) is 0 Å². The lowest BCUT2D eigenvalue weighted by Crippen LogP contribution is -2.40. The lowest BCUT2D eigenvalue weighted by atomic mass is 9.79. The van der Waals surface area contributed by atoms with Gasteiger partial charge in [0.15, 0.2) is 0 Å². The van der Waals surface area contributed by atoms with Crippen molar-refractivity contribution in [2.75, 3.05) is 7.11 Å². The highest BCUT2D eigenvalue weighted by atomic mass is 16.5. The molecule has 0 unspecified atom stereocenters. The number of hydrogen-bond donors (Lipinski definition) is 3. The van der Waals surface area contributed by atoms with E-state index in [2.05, 4.69) is 37.0 Å². The van der Waals surface area contributed by atoms with Gasteiger partial charge in [0.25, 0.3) is 0 Å². The fourth-order valence-electron chi connectivity index (χ4n) is 5.21. The van der Waals surface area contributed by atoms with Crippen molar-refractivity contribution >= 4 is 23.1 Å². The largest absolute Gasteiger partial charge is 0.507 e. The Labute approximate surface area is 200 Å². The van der Waals surface area contributed by atoms with E-state index in [1.54, 1.807) is 13.2 Å². The number of rotatable bonds is 5. The molecule has 3 aromatic rings. The average molecular weight is 460 g/mol. The van der Waals surface area contributed by atoms with Crippen LogP contribution < -0.4 is 9.47 Å². The molecule has 2 heterocycles. The van der Waals surface area contributed by atoms with Gasteiger partial charge in [-0.2, -0.15) is 0 Å². The van der Waals surface area contributed by atoms with Gasteiger partial charge in [0, 0.05) is 40.9 Å². The number of aromatic amines is 1. The van der Waals surface area contributed by atoms with Crippen LogP contribution in [0.4, 0.5) is 0 Å². The van der Waals surface area contributed by atoms with E-state index in [1.165, 1.54) is 5.57 Å². The van der Waals surface area contributed by atoms with Gasteiger partial charge in [-0.15, -0.1) is 0 Å². The second kappa shape index (κ2) is 9.22. The van der Waals surface area contributed by atoms with Gasteiger partial charge >= 0.3 is 0 Å². The Morgan fingerprint density at radius 1 is 1.12 bits per heavy atom. The molecule has 0 amide bonds. The number of H-pyrrole nitrogens is 1. The molecule has 0 spiro atoms. The summed E-state index contributed by atoms with van der Waals surface area (Å²) in [6.07, 6.45) is 10.2. The molecule has 5 heteroatoms. The number of fused-ring (bicyclic) bond motifs is 3. The van der Waals surface area contributed by atoms with Crippen LogP contribution in [0.3, 0.4) is 0 Å². The van der Waals surface area contributed by atoms with E-state index in [9.17, 15) is 10.2 Å². The van der Waals surface area contributed by atoms with Crippen molar-refractivity contribution in [3.63, 3.8) is 0 Å². The van der Waals surface area contributed by atoms with Crippen LogP contribution in [0.15, 0.2) is 42.0 Å². The molecule has 2 aromatic carbocycles. The fraction of sp³-hybridized carbons (Fsp3) is 0.379. The van der Waals surface area contributed by atoms with Crippen molar-refractivity contribution in [1.29, 1.82) is 0 Å². The zero-order chi connectivity index (χ0) is 23.8. The normalized spacial score (nSPS) is 21.7. The van der Waals surface area contributed by atoms with Crippen molar-refractivity contribution in [1.82, 2.24) is 4.98 Å². The van der Waals surface area contributed by atoms with E-state index in [0.29, 0.717) is 12.3 Å². The van der Waals surface area contributed by atoms with Crippen molar-refractivity contribution in [3.05, 3.63) is 64.4 Å². The van der Waals surface area contributed by atoms with Gasteiger partial charge in [0.2, 0.25) is 0 Å². The Kier molecular flexibility index (Phi) is 6.13. The van der Waals surface area contributed by atoms with Crippen LogP contribution in [0, 0.1) is 5.92 Å². The summed E-state index contributed by atoms with van der Waals surface area (Å²) in [5.74, 6) is 2.39. The van der Waals surface area contributed by atoms with Crippen LogP contribution in [-0.2, 0) is 12.8 Å². The third-order valence-electron chi connectivity index (χ3n) is 7.05. The summed E-state index contributed by atoms with van der Waals surface area (Å²) in [4.78, 5) is 3.42. The molecule has 0 radical (unpaired) electrons. The number of benzene rings is 2. The molecule has 5 nitrogen and oxygen atoms in total. The number of methoxy groups -OCH3 is 1. The van der Waals surface area contributed by atoms with Gasteiger partial charge in [-0.05, 0) is 74.6 Å². The Balaban J connectivity index is 1.42. The number of phenols is 1. The van der Waals surface area contributed by atoms with Crippen molar-refractivity contribution < 1.29 is 19.7 Å². The molecular weight excluding hydrogens is 426 g/mol. The molecule has 0 saturated heterocycles. The van der Waals surface area contributed by atoms with Crippen LogP contribution in [0.5, 0.6) is 17.2 Å². The second-order valence-corrected chi connectivity index (χ2v) is 9.90. The van der Waals surface area contributed by atoms with Gasteiger partial charge < -0.3 is 24.7 Å². The minimum atomic E-state index is -0.272. The van der Waals surface area contributed by atoms with Crippen molar-refractivity contribution in [2.24, 2.45) is 5.92 Å². The molecule has 1 fully saturated rings. The summed E-state index contributed by atoms with van der Waals surface area (Å²) in [6.45, 7) is 4.17. The maximum absolute atomic E-state index is 10.6. The van der Waals surface area contributed by atoms with Gasteiger partial charge in [-0.3, -0.25) is 0 Å². The zero-order valence-electron chi connectivity index (χ0n) is 20.1. The second-order valence-electron chi connectivity index (χ2n) is 9.90. The number of phenolic OH excluding ortho intramolecular Hbond substituents is 1. The first-order chi connectivity index (χ1) is 16.4. The molecule has 5 rings (SSSR count). The van der Waals surface area contributed by atoms with Crippen molar-refractivity contribution in [3.8, 4) is 17.2 Å². The van der Waals surface area contributed by atoms with E-state index < -0.39 is 0 Å². The molecule has 2 aliphatic rings. The predicted molar refractivity (Wildman–Crippen MR) is 136 cm³/mol. The molecule has 178 valence electrons. The first kappa shape index (κ1) is 22.6. The summed E-state index contributed by atoms with van der Waals surface area (Å²) in [5.41, 5.74) is 6.27. The van der Waals surface area contributed by atoms with E-state index in [1.807, 2.05) is 24.3 Å². The Hall–Kier alpha value is -3.18. The summed E-state index contributed by atoms with van der Waals surface area (Å²) < 4.78 is 12.0. The number of aliphatic hydroxyl groups excluding tert-OH is 1. The SMILES string of the molecule is COc1cc(/C=C/c2cc(O)c3cc(CC=C(C)C)[nH]c3c2)cc2c1C[C@@H]1CC[C@@H](O)C[C@H]1O2. The van der Waals surface area contributed by atoms with Gasteiger partial charge in [0.05, 0.1) is 13.2 Å². The predicted octanol–water partition coefficient (Wildman–Crippen LogP) is 6.03. The molecule has 1 aliphatic carbocycles. The van der Waals surface area contributed by atoms with Crippen LogP contribution in [-0.4, -0.2) is 34.5 Å². The first-order valence-electron chi connectivity index (χ1n) is 12.1. The maximum atomic E-state index is 10.6. The number of allylic oxidation sites excluding steroid dienone is 2.